The Hall–Kier alpha value is -0.420. The number of halogens is 1. The van der Waals surface area contributed by atoms with E-state index in [1.807, 2.05) is 6.92 Å². The van der Waals surface area contributed by atoms with E-state index < -0.39 is 0 Å². The van der Waals surface area contributed by atoms with Crippen LogP contribution in [0.3, 0.4) is 0 Å². The van der Waals surface area contributed by atoms with Crippen LogP contribution < -0.4 is 0 Å². The van der Waals surface area contributed by atoms with Crippen molar-refractivity contribution < 1.29 is 9.15 Å². The summed E-state index contributed by atoms with van der Waals surface area (Å²) >= 11 is 3.13. The standard InChI is InChI=1S/C9H13BrN2O2/c1-2-13-7-3-6(4-7)5-8-11-12-9(10)14-8/h6-7H,2-5H2,1H3. The van der Waals surface area contributed by atoms with Crippen LogP contribution in [0.25, 0.3) is 0 Å². The minimum absolute atomic E-state index is 0.455. The van der Waals surface area contributed by atoms with Crippen LogP contribution in [0.2, 0.25) is 0 Å². The van der Waals surface area contributed by atoms with Crippen molar-refractivity contribution in [3.63, 3.8) is 0 Å². The second-order valence-corrected chi connectivity index (χ2v) is 4.25. The van der Waals surface area contributed by atoms with Crippen LogP contribution in [0.4, 0.5) is 0 Å². The van der Waals surface area contributed by atoms with Gasteiger partial charge in [0.2, 0.25) is 5.89 Å². The van der Waals surface area contributed by atoms with Crippen LogP contribution in [0, 0.1) is 5.92 Å². The van der Waals surface area contributed by atoms with Gasteiger partial charge in [-0.05, 0) is 25.7 Å². The molecule has 1 aliphatic carbocycles. The molecule has 0 unspecified atom stereocenters. The largest absolute Gasteiger partial charge is 0.416 e. The van der Waals surface area contributed by atoms with E-state index in [1.54, 1.807) is 0 Å². The van der Waals surface area contributed by atoms with Crippen molar-refractivity contribution in [2.45, 2.75) is 32.3 Å². The van der Waals surface area contributed by atoms with Crippen LogP contribution in [-0.4, -0.2) is 22.9 Å². The minimum atomic E-state index is 0.455. The summed E-state index contributed by atoms with van der Waals surface area (Å²) < 4.78 is 10.7. The van der Waals surface area contributed by atoms with Crippen molar-refractivity contribution in [1.29, 1.82) is 0 Å². The Kier molecular flexibility index (Phi) is 3.18. The molecule has 0 amide bonds. The smallest absolute Gasteiger partial charge is 0.284 e. The number of aromatic nitrogens is 2. The fourth-order valence-electron chi connectivity index (χ4n) is 1.78. The Balaban J connectivity index is 1.74. The summed E-state index contributed by atoms with van der Waals surface area (Å²) in [5.41, 5.74) is 0. The van der Waals surface area contributed by atoms with Crippen LogP contribution in [0.5, 0.6) is 0 Å². The SMILES string of the molecule is CCOC1CC(Cc2nnc(Br)o2)C1. The topological polar surface area (TPSA) is 48.2 Å². The summed E-state index contributed by atoms with van der Waals surface area (Å²) in [5, 5.41) is 7.66. The highest BCUT2D eigenvalue weighted by molar-refractivity contribution is 9.10. The van der Waals surface area contributed by atoms with Crippen molar-refractivity contribution in [2.75, 3.05) is 6.61 Å². The van der Waals surface area contributed by atoms with Crippen molar-refractivity contribution in [1.82, 2.24) is 10.2 Å². The molecule has 1 saturated carbocycles. The van der Waals surface area contributed by atoms with Gasteiger partial charge in [0.25, 0.3) is 4.80 Å². The van der Waals surface area contributed by atoms with Gasteiger partial charge in [-0.3, -0.25) is 0 Å². The second-order valence-electron chi connectivity index (χ2n) is 3.57. The molecule has 4 nitrogen and oxygen atoms in total. The number of nitrogens with zero attached hydrogens (tertiary/aromatic N) is 2. The first-order valence-corrected chi connectivity index (χ1v) is 5.66. The van der Waals surface area contributed by atoms with Gasteiger partial charge in [0, 0.05) is 29.0 Å². The zero-order chi connectivity index (χ0) is 9.97. The lowest BCUT2D eigenvalue weighted by Gasteiger charge is -2.33. The molecule has 0 aliphatic heterocycles. The molecule has 14 heavy (non-hydrogen) atoms. The minimum Gasteiger partial charge on any atom is -0.416 e. The van der Waals surface area contributed by atoms with Crippen LogP contribution in [-0.2, 0) is 11.2 Å². The Morgan fingerprint density at radius 2 is 2.29 bits per heavy atom. The zero-order valence-electron chi connectivity index (χ0n) is 8.07. The molecule has 1 heterocycles. The highest BCUT2D eigenvalue weighted by Crippen LogP contribution is 2.32. The maximum absolute atomic E-state index is 5.48. The van der Waals surface area contributed by atoms with E-state index in [2.05, 4.69) is 26.1 Å². The molecule has 0 saturated heterocycles. The lowest BCUT2D eigenvalue weighted by atomic mass is 9.80. The van der Waals surface area contributed by atoms with Gasteiger partial charge in [0.15, 0.2) is 0 Å². The van der Waals surface area contributed by atoms with E-state index in [-0.39, 0.29) is 0 Å². The predicted octanol–water partition coefficient (Wildman–Crippen LogP) is 2.19. The molecular weight excluding hydrogens is 248 g/mol. The molecular formula is C9H13BrN2O2. The number of hydrogen-bond donors (Lipinski definition) is 0. The van der Waals surface area contributed by atoms with E-state index in [0.717, 1.165) is 31.8 Å². The van der Waals surface area contributed by atoms with Crippen molar-refractivity contribution in [3.05, 3.63) is 10.7 Å². The molecule has 0 bridgehead atoms. The summed E-state index contributed by atoms with van der Waals surface area (Å²) in [4.78, 5) is 0.466. The van der Waals surface area contributed by atoms with Crippen LogP contribution >= 0.6 is 15.9 Å². The molecule has 1 aromatic heterocycles. The van der Waals surface area contributed by atoms with E-state index in [1.165, 1.54) is 0 Å². The van der Waals surface area contributed by atoms with Crippen LogP contribution in [0.1, 0.15) is 25.7 Å². The van der Waals surface area contributed by atoms with Gasteiger partial charge < -0.3 is 9.15 Å². The molecule has 78 valence electrons. The number of rotatable bonds is 4. The Morgan fingerprint density at radius 3 is 2.86 bits per heavy atom. The van der Waals surface area contributed by atoms with E-state index in [9.17, 15) is 0 Å². The monoisotopic (exact) mass is 260 g/mol. The molecule has 0 radical (unpaired) electrons. The Morgan fingerprint density at radius 1 is 1.50 bits per heavy atom. The Labute approximate surface area is 91.2 Å². The molecule has 1 fully saturated rings. The maximum atomic E-state index is 5.48. The first-order valence-electron chi connectivity index (χ1n) is 4.87. The van der Waals surface area contributed by atoms with E-state index in [4.69, 9.17) is 9.15 Å². The summed E-state index contributed by atoms with van der Waals surface area (Å²) in [6.45, 7) is 2.84. The third-order valence-corrected chi connectivity index (χ3v) is 2.82. The fraction of sp³-hybridized carbons (Fsp3) is 0.778. The molecule has 5 heteroatoms. The third-order valence-electron chi connectivity index (χ3n) is 2.50. The fourth-order valence-corrected chi connectivity index (χ4v) is 2.04. The van der Waals surface area contributed by atoms with Crippen molar-refractivity contribution >= 4 is 15.9 Å². The average Bonchev–Trinajstić information content (AvgIpc) is 2.48. The van der Waals surface area contributed by atoms with Gasteiger partial charge in [0.1, 0.15) is 0 Å². The summed E-state index contributed by atoms with van der Waals surface area (Å²) in [6, 6.07) is 0. The predicted molar refractivity (Wildman–Crippen MR) is 53.8 cm³/mol. The maximum Gasteiger partial charge on any atom is 0.284 e. The first kappa shape index (κ1) is 10.1. The number of ether oxygens (including phenoxy) is 1. The highest BCUT2D eigenvalue weighted by atomic mass is 79.9. The molecule has 0 atom stereocenters. The van der Waals surface area contributed by atoms with Gasteiger partial charge >= 0.3 is 0 Å². The normalized spacial score (nSPS) is 26.1. The summed E-state index contributed by atoms with van der Waals surface area (Å²) in [5.74, 6) is 1.37. The first-order chi connectivity index (χ1) is 6.78. The lowest BCUT2D eigenvalue weighted by molar-refractivity contribution is -0.0255. The summed E-state index contributed by atoms with van der Waals surface area (Å²) in [7, 11) is 0. The third kappa shape index (κ3) is 2.33. The second kappa shape index (κ2) is 4.40. The molecule has 1 aromatic rings. The molecule has 2 rings (SSSR count). The quantitative estimate of drug-likeness (QED) is 0.833. The van der Waals surface area contributed by atoms with Gasteiger partial charge in [-0.1, -0.05) is 0 Å². The van der Waals surface area contributed by atoms with E-state index >= 15 is 0 Å². The molecule has 0 N–H and O–H groups in total. The highest BCUT2D eigenvalue weighted by Gasteiger charge is 2.30. The van der Waals surface area contributed by atoms with Crippen molar-refractivity contribution in [2.24, 2.45) is 5.92 Å². The number of hydrogen-bond acceptors (Lipinski definition) is 4. The molecule has 0 spiro atoms. The van der Waals surface area contributed by atoms with Gasteiger partial charge in [0.05, 0.1) is 6.10 Å². The van der Waals surface area contributed by atoms with Gasteiger partial charge in [-0.25, -0.2) is 0 Å². The molecule has 0 aromatic carbocycles. The van der Waals surface area contributed by atoms with E-state index in [0.29, 0.717) is 16.8 Å². The molecule has 1 aliphatic rings. The van der Waals surface area contributed by atoms with Gasteiger partial charge in [-0.15, -0.1) is 10.2 Å². The average molecular weight is 261 g/mol. The lowest BCUT2D eigenvalue weighted by Crippen LogP contribution is -2.32. The zero-order valence-corrected chi connectivity index (χ0v) is 9.66. The van der Waals surface area contributed by atoms with Gasteiger partial charge in [-0.2, -0.15) is 0 Å². The van der Waals surface area contributed by atoms with Crippen molar-refractivity contribution in [3.8, 4) is 0 Å². The Bertz CT molecular complexity index is 297. The van der Waals surface area contributed by atoms with Crippen LogP contribution in [0.15, 0.2) is 9.22 Å². The summed E-state index contributed by atoms with van der Waals surface area (Å²) in [6.07, 6.45) is 3.57.